The first kappa shape index (κ1) is 12.3. The van der Waals surface area contributed by atoms with Gasteiger partial charge in [0.15, 0.2) is 0 Å². The monoisotopic (exact) mass is 257 g/mol. The van der Waals surface area contributed by atoms with Crippen molar-refractivity contribution in [2.45, 2.75) is 12.6 Å². The van der Waals surface area contributed by atoms with Crippen molar-refractivity contribution in [3.8, 4) is 0 Å². The van der Waals surface area contributed by atoms with Crippen LogP contribution in [0.2, 0.25) is 10.3 Å². The third-order valence-corrected chi connectivity index (χ3v) is 2.10. The molecule has 0 bridgehead atoms. The highest BCUT2D eigenvalue weighted by molar-refractivity contribution is 6.33. The van der Waals surface area contributed by atoms with Gasteiger partial charge in [-0.15, -0.1) is 0 Å². The van der Waals surface area contributed by atoms with Crippen molar-refractivity contribution >= 4 is 29.0 Å². The molecule has 0 saturated carbocycles. The van der Waals surface area contributed by atoms with Gasteiger partial charge in [0.2, 0.25) is 5.78 Å². The van der Waals surface area contributed by atoms with Crippen molar-refractivity contribution in [2.24, 2.45) is 0 Å². The topological polar surface area (TPSA) is 30.0 Å². The normalized spacial score (nSPS) is 11.5. The zero-order valence-electron chi connectivity index (χ0n) is 7.11. The molecule has 2 nitrogen and oxygen atoms in total. The summed E-state index contributed by atoms with van der Waals surface area (Å²) in [5.74, 6) is -1.87. The standard InChI is InChI=1S/C8H4Cl2F3NO/c9-6-2-1-4(7(10)14-6)3-5(15)8(11,12)13/h1-2H,3H2. The van der Waals surface area contributed by atoms with Crippen molar-refractivity contribution in [2.75, 3.05) is 0 Å². The molecule has 15 heavy (non-hydrogen) atoms. The Balaban J connectivity index is 2.87. The number of ketones is 1. The highest BCUT2D eigenvalue weighted by atomic mass is 35.5. The van der Waals surface area contributed by atoms with Crippen molar-refractivity contribution in [1.82, 2.24) is 4.98 Å². The van der Waals surface area contributed by atoms with Crippen molar-refractivity contribution in [3.63, 3.8) is 0 Å². The molecule has 0 aliphatic carbocycles. The Morgan fingerprint density at radius 1 is 1.33 bits per heavy atom. The maximum atomic E-state index is 11.9. The summed E-state index contributed by atoms with van der Waals surface area (Å²) >= 11 is 10.9. The first-order chi connectivity index (χ1) is 6.80. The molecule has 0 aliphatic heterocycles. The van der Waals surface area contributed by atoms with E-state index in [4.69, 9.17) is 23.2 Å². The summed E-state index contributed by atoms with van der Waals surface area (Å²) in [7, 11) is 0. The van der Waals surface area contributed by atoms with E-state index in [1.165, 1.54) is 12.1 Å². The minimum Gasteiger partial charge on any atom is -0.289 e. The van der Waals surface area contributed by atoms with Crippen LogP contribution in [-0.2, 0) is 11.2 Å². The predicted molar refractivity (Wildman–Crippen MR) is 49.0 cm³/mol. The van der Waals surface area contributed by atoms with Gasteiger partial charge in [0.1, 0.15) is 10.3 Å². The molecule has 82 valence electrons. The van der Waals surface area contributed by atoms with E-state index in [1.807, 2.05) is 0 Å². The Morgan fingerprint density at radius 3 is 2.40 bits per heavy atom. The van der Waals surface area contributed by atoms with Crippen molar-refractivity contribution in [3.05, 3.63) is 28.0 Å². The molecule has 0 N–H and O–H groups in total. The SMILES string of the molecule is O=C(Cc1ccc(Cl)nc1Cl)C(F)(F)F. The fraction of sp³-hybridized carbons (Fsp3) is 0.250. The molecule has 7 heteroatoms. The van der Waals surface area contributed by atoms with E-state index in [9.17, 15) is 18.0 Å². The number of pyridine rings is 1. The number of rotatable bonds is 2. The summed E-state index contributed by atoms with van der Waals surface area (Å²) in [5.41, 5.74) is 0.00314. The lowest BCUT2D eigenvalue weighted by molar-refractivity contribution is -0.170. The molecule has 0 amide bonds. The van der Waals surface area contributed by atoms with E-state index in [-0.39, 0.29) is 15.9 Å². The summed E-state index contributed by atoms with van der Waals surface area (Å²) in [5, 5.41) is -0.136. The van der Waals surface area contributed by atoms with Gasteiger partial charge in [0.05, 0.1) is 0 Å². The van der Waals surface area contributed by atoms with Crippen LogP contribution in [0.25, 0.3) is 0 Å². The molecule has 1 heterocycles. The van der Waals surface area contributed by atoms with Crippen LogP contribution in [0.3, 0.4) is 0 Å². The molecule has 0 atom stereocenters. The molecule has 0 saturated heterocycles. The third-order valence-electron chi connectivity index (χ3n) is 1.56. The Morgan fingerprint density at radius 2 is 1.93 bits per heavy atom. The van der Waals surface area contributed by atoms with Crippen LogP contribution in [0.5, 0.6) is 0 Å². The lowest BCUT2D eigenvalue weighted by Crippen LogP contribution is -2.24. The van der Waals surface area contributed by atoms with Gasteiger partial charge in [-0.05, 0) is 11.6 Å². The number of hydrogen-bond donors (Lipinski definition) is 0. The van der Waals surface area contributed by atoms with E-state index in [2.05, 4.69) is 4.98 Å². The molecule has 0 aromatic carbocycles. The Labute approximate surface area is 93.0 Å². The number of nitrogens with zero attached hydrogens (tertiary/aromatic N) is 1. The number of Topliss-reactive ketones (excluding diaryl/α,β-unsaturated/α-hetero) is 1. The third kappa shape index (κ3) is 3.35. The van der Waals surface area contributed by atoms with E-state index in [1.54, 1.807) is 0 Å². The number of alkyl halides is 3. The number of hydrogen-bond acceptors (Lipinski definition) is 2. The summed E-state index contributed by atoms with van der Waals surface area (Å²) in [6.45, 7) is 0. The van der Waals surface area contributed by atoms with Crippen molar-refractivity contribution < 1.29 is 18.0 Å². The molecule has 1 rings (SSSR count). The van der Waals surface area contributed by atoms with Crippen LogP contribution in [-0.4, -0.2) is 16.9 Å². The molecule has 0 aliphatic rings. The molecular formula is C8H4Cl2F3NO. The van der Waals surface area contributed by atoms with Crippen LogP contribution in [0.4, 0.5) is 13.2 Å². The minimum absolute atomic E-state index is 0.00314. The first-order valence-corrected chi connectivity index (χ1v) is 4.47. The Kier molecular flexibility index (Phi) is 3.57. The average molecular weight is 258 g/mol. The van der Waals surface area contributed by atoms with Gasteiger partial charge < -0.3 is 0 Å². The lowest BCUT2D eigenvalue weighted by Gasteiger charge is -2.06. The summed E-state index contributed by atoms with van der Waals surface area (Å²) < 4.78 is 35.7. The highest BCUT2D eigenvalue weighted by Gasteiger charge is 2.38. The van der Waals surface area contributed by atoms with E-state index >= 15 is 0 Å². The molecule has 1 aromatic heterocycles. The average Bonchev–Trinajstić information content (AvgIpc) is 2.08. The summed E-state index contributed by atoms with van der Waals surface area (Å²) in [4.78, 5) is 14.1. The molecule has 0 fully saturated rings. The maximum Gasteiger partial charge on any atom is 0.450 e. The molecule has 0 radical (unpaired) electrons. The second-order valence-electron chi connectivity index (χ2n) is 2.68. The minimum atomic E-state index is -4.86. The van der Waals surface area contributed by atoms with Crippen LogP contribution >= 0.6 is 23.2 Å². The number of aromatic nitrogens is 1. The van der Waals surface area contributed by atoms with Gasteiger partial charge in [0.25, 0.3) is 0 Å². The second kappa shape index (κ2) is 4.37. The van der Waals surface area contributed by atoms with Crippen molar-refractivity contribution in [1.29, 1.82) is 0 Å². The Hall–Kier alpha value is -0.810. The van der Waals surface area contributed by atoms with Crippen LogP contribution in [0, 0.1) is 0 Å². The smallest absolute Gasteiger partial charge is 0.289 e. The van der Waals surface area contributed by atoms with Gasteiger partial charge in [-0.1, -0.05) is 29.3 Å². The largest absolute Gasteiger partial charge is 0.450 e. The summed E-state index contributed by atoms with van der Waals surface area (Å²) in [6, 6.07) is 2.51. The number of carbonyl (C=O) groups excluding carboxylic acids is 1. The molecular weight excluding hydrogens is 254 g/mol. The molecule has 0 unspecified atom stereocenters. The fourth-order valence-corrected chi connectivity index (χ4v) is 1.26. The first-order valence-electron chi connectivity index (χ1n) is 3.71. The lowest BCUT2D eigenvalue weighted by atomic mass is 10.1. The fourth-order valence-electron chi connectivity index (χ4n) is 0.846. The van der Waals surface area contributed by atoms with Gasteiger partial charge in [0, 0.05) is 6.42 Å². The second-order valence-corrected chi connectivity index (χ2v) is 3.43. The quantitative estimate of drug-likeness (QED) is 0.763. The van der Waals surface area contributed by atoms with E-state index in [0.717, 1.165) is 0 Å². The summed E-state index contributed by atoms with van der Waals surface area (Å²) in [6.07, 6.45) is -5.69. The predicted octanol–water partition coefficient (Wildman–Crippen LogP) is 3.06. The zero-order valence-corrected chi connectivity index (χ0v) is 8.62. The zero-order chi connectivity index (χ0) is 11.6. The van der Waals surface area contributed by atoms with Crippen LogP contribution < -0.4 is 0 Å². The molecule has 1 aromatic rings. The highest BCUT2D eigenvalue weighted by Crippen LogP contribution is 2.22. The van der Waals surface area contributed by atoms with Crippen LogP contribution in [0.15, 0.2) is 12.1 Å². The van der Waals surface area contributed by atoms with Crippen LogP contribution in [0.1, 0.15) is 5.56 Å². The molecule has 0 spiro atoms. The van der Waals surface area contributed by atoms with E-state index in [0.29, 0.717) is 0 Å². The van der Waals surface area contributed by atoms with Gasteiger partial charge in [-0.3, -0.25) is 4.79 Å². The number of halogens is 5. The van der Waals surface area contributed by atoms with E-state index < -0.39 is 18.4 Å². The van der Waals surface area contributed by atoms with Gasteiger partial charge in [-0.2, -0.15) is 13.2 Å². The maximum absolute atomic E-state index is 11.9. The van der Waals surface area contributed by atoms with Gasteiger partial charge in [-0.25, -0.2) is 4.98 Å². The number of carbonyl (C=O) groups is 1. The van der Waals surface area contributed by atoms with Gasteiger partial charge >= 0.3 is 6.18 Å². The Bertz CT molecular complexity index is 392.